The zero-order chi connectivity index (χ0) is 15.5. The van der Waals surface area contributed by atoms with Crippen molar-refractivity contribution in [3.8, 4) is 17.2 Å². The Morgan fingerprint density at radius 2 is 2.10 bits per heavy atom. The summed E-state index contributed by atoms with van der Waals surface area (Å²) in [6, 6.07) is 7.97. The molecule has 0 amide bonds. The molecule has 0 unspecified atom stereocenters. The van der Waals surface area contributed by atoms with Gasteiger partial charge in [0, 0.05) is 28.4 Å². The van der Waals surface area contributed by atoms with E-state index >= 15 is 0 Å². The Hall–Kier alpha value is -2.19. The fraction of sp³-hybridized carbons (Fsp3) is 0.188. The van der Waals surface area contributed by atoms with Crippen LogP contribution in [0.4, 0.5) is 4.39 Å². The molecule has 1 aromatic carbocycles. The number of nitrogens with zero attached hydrogens (tertiary/aromatic N) is 2. The van der Waals surface area contributed by atoms with Gasteiger partial charge in [-0.3, -0.25) is 4.98 Å². The smallest absolute Gasteiger partial charge is 0.135 e. The van der Waals surface area contributed by atoms with Crippen molar-refractivity contribution in [2.75, 3.05) is 0 Å². The van der Waals surface area contributed by atoms with Crippen molar-refractivity contribution in [1.82, 2.24) is 4.98 Å². The van der Waals surface area contributed by atoms with Crippen molar-refractivity contribution in [1.29, 1.82) is 5.26 Å². The van der Waals surface area contributed by atoms with E-state index in [1.54, 1.807) is 44.4 Å². The molecule has 0 aliphatic carbocycles. The minimum atomic E-state index is -0.612. The van der Waals surface area contributed by atoms with Gasteiger partial charge < -0.3 is 4.79 Å². The maximum atomic E-state index is 14.2. The number of hydrogen-bond donors (Lipinski definition) is 0. The van der Waals surface area contributed by atoms with Crippen LogP contribution in [0.5, 0.6) is 0 Å². The Balaban J connectivity index is 2.50. The zero-order valence-electron chi connectivity index (χ0n) is 11.6. The predicted octanol–water partition coefficient (Wildman–Crippen LogP) is 3.83. The van der Waals surface area contributed by atoms with Crippen LogP contribution in [0.25, 0.3) is 11.1 Å². The summed E-state index contributed by atoms with van der Waals surface area (Å²) in [7, 11) is 0. The highest BCUT2D eigenvalue weighted by Crippen LogP contribution is 2.38. The molecule has 0 atom stereocenters. The van der Waals surface area contributed by atoms with Crippen molar-refractivity contribution in [2.24, 2.45) is 0 Å². The van der Waals surface area contributed by atoms with Crippen LogP contribution in [0, 0.1) is 17.1 Å². The Morgan fingerprint density at radius 3 is 2.71 bits per heavy atom. The molecule has 0 aliphatic heterocycles. The molecule has 0 bridgehead atoms. The molecule has 0 N–H and O–H groups in total. The summed E-state index contributed by atoms with van der Waals surface area (Å²) in [5.41, 5.74) is 1.24. The Labute approximate surface area is 126 Å². The highest BCUT2D eigenvalue weighted by Gasteiger charge is 2.21. The summed E-state index contributed by atoms with van der Waals surface area (Å²) in [6.07, 6.45) is 4.03. The molecule has 0 radical (unpaired) electrons. The molecule has 0 saturated carbocycles. The third-order valence-corrected chi connectivity index (χ3v) is 4.02. The molecule has 1 heterocycles. The monoisotopic (exact) mass is 300 g/mol. The van der Waals surface area contributed by atoms with Gasteiger partial charge in [-0.1, -0.05) is 6.07 Å². The van der Waals surface area contributed by atoms with Crippen LogP contribution in [0.1, 0.15) is 19.4 Å². The summed E-state index contributed by atoms with van der Waals surface area (Å²) < 4.78 is 13.5. The molecule has 1 aromatic heterocycles. The minimum Gasteiger partial charge on any atom is -0.302 e. The second-order valence-electron chi connectivity index (χ2n) is 5.00. The average molecular weight is 300 g/mol. The summed E-state index contributed by atoms with van der Waals surface area (Å²) in [5, 5.41) is 8.79. The first-order valence-corrected chi connectivity index (χ1v) is 7.08. The minimum absolute atomic E-state index is 0.266. The number of thioether (sulfide) groups is 1. The highest BCUT2D eigenvalue weighted by atomic mass is 32.2. The summed E-state index contributed by atoms with van der Waals surface area (Å²) in [6.45, 7) is 3.59. The van der Waals surface area contributed by atoms with Gasteiger partial charge in [0.1, 0.15) is 12.1 Å². The number of pyridine rings is 1. The third-order valence-electron chi connectivity index (χ3n) is 2.83. The maximum Gasteiger partial charge on any atom is 0.135 e. The molecule has 21 heavy (non-hydrogen) atoms. The van der Waals surface area contributed by atoms with Crippen molar-refractivity contribution in [3.63, 3.8) is 0 Å². The van der Waals surface area contributed by atoms with Gasteiger partial charge in [0.25, 0.3) is 0 Å². The van der Waals surface area contributed by atoms with E-state index < -0.39 is 10.6 Å². The number of halogens is 1. The van der Waals surface area contributed by atoms with Crippen molar-refractivity contribution in [3.05, 3.63) is 48.0 Å². The van der Waals surface area contributed by atoms with Crippen LogP contribution in [0.2, 0.25) is 0 Å². The van der Waals surface area contributed by atoms with Crippen LogP contribution in [0.3, 0.4) is 0 Å². The zero-order valence-corrected chi connectivity index (χ0v) is 12.4. The van der Waals surface area contributed by atoms with Crippen LogP contribution in [-0.4, -0.2) is 16.0 Å². The molecule has 3 nitrogen and oxygen atoms in total. The number of rotatable bonds is 4. The molecular weight excluding hydrogens is 287 g/mol. The number of aldehydes is 1. The normalized spacial score (nSPS) is 11.0. The average Bonchev–Trinajstić information content (AvgIpc) is 2.47. The Kier molecular flexibility index (Phi) is 4.39. The number of nitriles is 1. The number of hydrogen-bond acceptors (Lipinski definition) is 4. The number of benzene rings is 1. The van der Waals surface area contributed by atoms with Gasteiger partial charge in [0.15, 0.2) is 0 Å². The topological polar surface area (TPSA) is 53.8 Å². The van der Waals surface area contributed by atoms with E-state index in [-0.39, 0.29) is 5.56 Å². The standard InChI is InChI=1S/C16H13FN2OS/c1-16(2,10-20)21-15-5-6-19-9-13(15)12-4-3-11(8-18)7-14(12)17/h3-7,9-10H,1-2H3. The van der Waals surface area contributed by atoms with Gasteiger partial charge in [-0.25, -0.2) is 4.39 Å². The highest BCUT2D eigenvalue weighted by molar-refractivity contribution is 8.01. The molecule has 5 heteroatoms. The van der Waals surface area contributed by atoms with E-state index in [1.165, 1.54) is 17.8 Å². The number of carbonyl (C=O) groups excluding carboxylic acids is 1. The molecule has 106 valence electrons. The number of carbonyl (C=O) groups is 1. The molecule has 0 fully saturated rings. The molecule has 0 aliphatic rings. The van der Waals surface area contributed by atoms with Crippen LogP contribution in [0.15, 0.2) is 41.6 Å². The maximum absolute atomic E-state index is 14.2. The van der Waals surface area contributed by atoms with E-state index in [4.69, 9.17) is 5.26 Å². The lowest BCUT2D eigenvalue weighted by atomic mass is 10.1. The third kappa shape index (κ3) is 3.47. The van der Waals surface area contributed by atoms with Gasteiger partial charge in [0.05, 0.1) is 16.4 Å². The quantitative estimate of drug-likeness (QED) is 0.636. The lowest BCUT2D eigenvalue weighted by molar-refractivity contribution is -0.109. The summed E-state index contributed by atoms with van der Waals surface area (Å²) in [4.78, 5) is 15.9. The van der Waals surface area contributed by atoms with Crippen LogP contribution in [-0.2, 0) is 4.79 Å². The van der Waals surface area contributed by atoms with Crippen molar-refractivity contribution < 1.29 is 9.18 Å². The molecule has 2 rings (SSSR count). The molecule has 0 spiro atoms. The van der Waals surface area contributed by atoms with Crippen LogP contribution >= 0.6 is 11.8 Å². The Morgan fingerprint density at radius 1 is 1.33 bits per heavy atom. The lowest BCUT2D eigenvalue weighted by Crippen LogP contribution is -2.15. The van der Waals surface area contributed by atoms with Crippen LogP contribution < -0.4 is 0 Å². The van der Waals surface area contributed by atoms with Gasteiger partial charge in [-0.2, -0.15) is 5.26 Å². The van der Waals surface area contributed by atoms with Gasteiger partial charge in [-0.05, 0) is 32.0 Å². The van der Waals surface area contributed by atoms with E-state index in [9.17, 15) is 9.18 Å². The van der Waals surface area contributed by atoms with E-state index in [1.807, 2.05) is 6.07 Å². The second-order valence-corrected chi connectivity index (χ2v) is 6.70. The fourth-order valence-corrected chi connectivity index (χ4v) is 2.80. The summed E-state index contributed by atoms with van der Waals surface area (Å²) in [5.74, 6) is -0.479. The largest absolute Gasteiger partial charge is 0.302 e. The fourth-order valence-electron chi connectivity index (χ4n) is 1.78. The van der Waals surface area contributed by atoms with E-state index in [0.717, 1.165) is 11.2 Å². The van der Waals surface area contributed by atoms with E-state index in [2.05, 4.69) is 4.98 Å². The Bertz CT molecular complexity index is 722. The van der Waals surface area contributed by atoms with Crippen molar-refractivity contribution in [2.45, 2.75) is 23.5 Å². The first kappa shape index (κ1) is 15.2. The molecule has 0 saturated heterocycles. The summed E-state index contributed by atoms with van der Waals surface area (Å²) >= 11 is 1.35. The predicted molar refractivity (Wildman–Crippen MR) is 80.3 cm³/mol. The van der Waals surface area contributed by atoms with Gasteiger partial charge in [-0.15, -0.1) is 11.8 Å². The molecular formula is C16H13FN2OS. The first-order valence-electron chi connectivity index (χ1n) is 6.26. The number of aromatic nitrogens is 1. The first-order chi connectivity index (χ1) is 9.96. The molecule has 2 aromatic rings. The van der Waals surface area contributed by atoms with Gasteiger partial charge in [0.2, 0.25) is 0 Å². The lowest BCUT2D eigenvalue weighted by Gasteiger charge is -2.18. The van der Waals surface area contributed by atoms with Gasteiger partial charge >= 0.3 is 0 Å². The van der Waals surface area contributed by atoms with E-state index in [0.29, 0.717) is 11.1 Å². The SMILES string of the molecule is CC(C)(C=O)Sc1ccncc1-c1ccc(C#N)cc1F. The van der Waals surface area contributed by atoms with Crippen molar-refractivity contribution >= 4 is 18.0 Å². The second kappa shape index (κ2) is 6.06.